The van der Waals surface area contributed by atoms with Crippen LogP contribution < -0.4 is 4.74 Å². The van der Waals surface area contributed by atoms with E-state index < -0.39 is 16.4 Å². The number of nitro groups is 1. The molecule has 0 spiro atoms. The molecule has 1 rings (SSSR count). The maximum Gasteiger partial charge on any atom is 0.312 e. The molecule has 0 amide bonds. The number of hydrogen-bond acceptors (Lipinski definition) is 4. The maximum absolute atomic E-state index is 11.0. The van der Waals surface area contributed by atoms with Crippen molar-refractivity contribution in [2.24, 2.45) is 0 Å². The molecule has 0 saturated heterocycles. The minimum Gasteiger partial charge on any atom is -0.497 e. The van der Waals surface area contributed by atoms with E-state index in [4.69, 9.17) is 4.74 Å². The standard InChI is InChI=1S/C11H11NO4/c1-8(13)11(12(14)15)7-9-3-5-10(16-2)6-4-9/h3-7H,1-2H3/b11-7-. The molecular formula is C11H11NO4. The molecule has 0 radical (unpaired) electrons. The molecule has 0 saturated carbocycles. The molecule has 1 aromatic rings. The molecule has 0 aliphatic rings. The number of rotatable bonds is 4. The number of methoxy groups -OCH3 is 1. The third-order valence-corrected chi connectivity index (χ3v) is 1.98. The molecule has 0 unspecified atom stereocenters. The second kappa shape index (κ2) is 5.06. The fourth-order valence-corrected chi connectivity index (χ4v) is 1.14. The lowest BCUT2D eigenvalue weighted by Gasteiger charge is -1.99. The highest BCUT2D eigenvalue weighted by Gasteiger charge is 2.16. The van der Waals surface area contributed by atoms with E-state index in [1.165, 1.54) is 13.2 Å². The van der Waals surface area contributed by atoms with Gasteiger partial charge < -0.3 is 4.74 Å². The number of ether oxygens (including phenoxy) is 1. The van der Waals surface area contributed by atoms with E-state index in [9.17, 15) is 14.9 Å². The number of carbonyl (C=O) groups excluding carboxylic acids is 1. The molecular weight excluding hydrogens is 210 g/mol. The third kappa shape index (κ3) is 2.91. The fraction of sp³-hybridized carbons (Fsp3) is 0.182. The van der Waals surface area contributed by atoms with Crippen LogP contribution in [0.15, 0.2) is 30.0 Å². The van der Waals surface area contributed by atoms with Crippen LogP contribution in [-0.2, 0) is 4.79 Å². The first-order valence-corrected chi connectivity index (χ1v) is 4.55. The highest BCUT2D eigenvalue weighted by Crippen LogP contribution is 2.14. The van der Waals surface area contributed by atoms with E-state index in [1.54, 1.807) is 24.3 Å². The summed E-state index contributed by atoms with van der Waals surface area (Å²) < 4.78 is 4.95. The van der Waals surface area contributed by atoms with Crippen LogP contribution in [0.25, 0.3) is 6.08 Å². The molecule has 0 aliphatic carbocycles. The van der Waals surface area contributed by atoms with Gasteiger partial charge in [0, 0.05) is 13.0 Å². The van der Waals surface area contributed by atoms with Gasteiger partial charge in [0.2, 0.25) is 5.78 Å². The Balaban J connectivity index is 3.04. The van der Waals surface area contributed by atoms with Gasteiger partial charge in [0.15, 0.2) is 0 Å². The van der Waals surface area contributed by atoms with Crippen LogP contribution >= 0.6 is 0 Å². The lowest BCUT2D eigenvalue weighted by atomic mass is 10.1. The van der Waals surface area contributed by atoms with Crippen molar-refractivity contribution in [3.63, 3.8) is 0 Å². The van der Waals surface area contributed by atoms with Gasteiger partial charge in [-0.25, -0.2) is 0 Å². The fourth-order valence-electron chi connectivity index (χ4n) is 1.14. The van der Waals surface area contributed by atoms with E-state index in [-0.39, 0.29) is 0 Å². The van der Waals surface area contributed by atoms with Crippen molar-refractivity contribution in [3.8, 4) is 5.75 Å². The van der Waals surface area contributed by atoms with Crippen molar-refractivity contribution in [3.05, 3.63) is 45.6 Å². The second-order valence-electron chi connectivity index (χ2n) is 3.12. The topological polar surface area (TPSA) is 69.4 Å². The Morgan fingerprint density at radius 1 is 1.38 bits per heavy atom. The summed E-state index contributed by atoms with van der Waals surface area (Å²) in [6.45, 7) is 1.16. The van der Waals surface area contributed by atoms with Crippen molar-refractivity contribution in [2.75, 3.05) is 7.11 Å². The summed E-state index contributed by atoms with van der Waals surface area (Å²) in [6, 6.07) is 6.63. The summed E-state index contributed by atoms with van der Waals surface area (Å²) in [5.41, 5.74) is 0.160. The predicted molar refractivity (Wildman–Crippen MR) is 58.6 cm³/mol. The SMILES string of the molecule is COc1ccc(/C=C(/C(C)=O)[N+](=O)[O-])cc1. The first-order chi connectivity index (χ1) is 7.54. The Hall–Kier alpha value is -2.17. The molecule has 0 fully saturated rings. The van der Waals surface area contributed by atoms with E-state index in [2.05, 4.69) is 0 Å². The molecule has 0 N–H and O–H groups in total. The Kier molecular flexibility index (Phi) is 3.77. The van der Waals surface area contributed by atoms with E-state index in [0.717, 1.165) is 6.92 Å². The highest BCUT2D eigenvalue weighted by atomic mass is 16.6. The molecule has 0 bridgehead atoms. The number of nitrogens with zero attached hydrogens (tertiary/aromatic N) is 1. The molecule has 0 aromatic heterocycles. The molecule has 0 heterocycles. The number of allylic oxidation sites excluding steroid dienone is 1. The van der Waals surface area contributed by atoms with Crippen molar-refractivity contribution in [2.45, 2.75) is 6.92 Å². The van der Waals surface area contributed by atoms with Crippen LogP contribution in [0.2, 0.25) is 0 Å². The van der Waals surface area contributed by atoms with Crippen LogP contribution in [0.4, 0.5) is 0 Å². The zero-order valence-corrected chi connectivity index (χ0v) is 8.97. The van der Waals surface area contributed by atoms with E-state index in [0.29, 0.717) is 11.3 Å². The van der Waals surface area contributed by atoms with Crippen LogP contribution in [0.3, 0.4) is 0 Å². The normalized spacial score (nSPS) is 11.0. The minimum atomic E-state index is -0.688. The Morgan fingerprint density at radius 2 is 1.94 bits per heavy atom. The van der Waals surface area contributed by atoms with Crippen molar-refractivity contribution in [1.82, 2.24) is 0 Å². The first-order valence-electron chi connectivity index (χ1n) is 4.55. The van der Waals surface area contributed by atoms with Crippen LogP contribution in [0, 0.1) is 10.1 Å². The smallest absolute Gasteiger partial charge is 0.312 e. The molecule has 5 heteroatoms. The lowest BCUT2D eigenvalue weighted by molar-refractivity contribution is -0.417. The molecule has 16 heavy (non-hydrogen) atoms. The third-order valence-electron chi connectivity index (χ3n) is 1.98. The van der Waals surface area contributed by atoms with Gasteiger partial charge in [-0.2, -0.15) is 0 Å². The minimum absolute atomic E-state index is 0.426. The molecule has 0 atom stereocenters. The molecule has 5 nitrogen and oxygen atoms in total. The highest BCUT2D eigenvalue weighted by molar-refractivity contribution is 5.95. The first kappa shape index (κ1) is 11.9. The maximum atomic E-state index is 11.0. The van der Waals surface area contributed by atoms with Gasteiger partial charge >= 0.3 is 5.70 Å². The van der Waals surface area contributed by atoms with Crippen molar-refractivity contribution in [1.29, 1.82) is 0 Å². The number of Topliss-reactive ketones (excluding diaryl/α,β-unsaturated/α-hetero) is 1. The van der Waals surface area contributed by atoms with E-state index >= 15 is 0 Å². The second-order valence-corrected chi connectivity index (χ2v) is 3.12. The summed E-state index contributed by atoms with van der Waals surface area (Å²) in [6.07, 6.45) is 1.24. The Bertz CT molecular complexity index is 418. The van der Waals surface area contributed by atoms with Crippen LogP contribution in [0.1, 0.15) is 12.5 Å². The average molecular weight is 221 g/mol. The van der Waals surface area contributed by atoms with Crippen LogP contribution in [0.5, 0.6) is 5.75 Å². The Labute approximate surface area is 92.5 Å². The van der Waals surface area contributed by atoms with Gasteiger partial charge in [-0.05, 0) is 17.7 Å². The van der Waals surface area contributed by atoms with Gasteiger partial charge in [0.1, 0.15) is 5.75 Å². The molecule has 84 valence electrons. The van der Waals surface area contributed by atoms with Gasteiger partial charge in [-0.15, -0.1) is 0 Å². The number of hydrogen-bond donors (Lipinski definition) is 0. The van der Waals surface area contributed by atoms with E-state index in [1.807, 2.05) is 0 Å². The summed E-state index contributed by atoms with van der Waals surface area (Å²) >= 11 is 0. The molecule has 0 aliphatic heterocycles. The summed E-state index contributed by atoms with van der Waals surface area (Å²) in [4.78, 5) is 20.9. The number of benzene rings is 1. The van der Waals surface area contributed by atoms with Gasteiger partial charge in [-0.3, -0.25) is 14.9 Å². The summed E-state index contributed by atoms with van der Waals surface area (Å²) in [5, 5.41) is 10.6. The monoisotopic (exact) mass is 221 g/mol. The van der Waals surface area contributed by atoms with Gasteiger partial charge in [0.05, 0.1) is 12.0 Å². The quantitative estimate of drug-likeness (QED) is 0.442. The molecule has 1 aromatic carbocycles. The average Bonchev–Trinajstić information content (AvgIpc) is 2.25. The largest absolute Gasteiger partial charge is 0.497 e. The Morgan fingerprint density at radius 3 is 2.31 bits per heavy atom. The van der Waals surface area contributed by atoms with Crippen LogP contribution in [-0.4, -0.2) is 17.8 Å². The lowest BCUT2D eigenvalue weighted by Crippen LogP contribution is -2.07. The zero-order valence-electron chi connectivity index (χ0n) is 8.97. The zero-order chi connectivity index (χ0) is 12.1. The van der Waals surface area contributed by atoms with Gasteiger partial charge in [0.25, 0.3) is 0 Å². The van der Waals surface area contributed by atoms with Gasteiger partial charge in [-0.1, -0.05) is 12.1 Å². The van der Waals surface area contributed by atoms with Crippen molar-refractivity contribution >= 4 is 11.9 Å². The number of carbonyl (C=O) groups is 1. The predicted octanol–water partition coefficient (Wildman–Crippen LogP) is 1.90. The van der Waals surface area contributed by atoms with Crippen molar-refractivity contribution < 1.29 is 14.5 Å². The summed E-state index contributed by atoms with van der Waals surface area (Å²) in [7, 11) is 1.53. The number of ketones is 1. The summed E-state index contributed by atoms with van der Waals surface area (Å²) in [5.74, 6) is 0.0865.